The summed E-state index contributed by atoms with van der Waals surface area (Å²) < 4.78 is 13.7. The molecule has 1 saturated heterocycles. The highest BCUT2D eigenvalue weighted by Crippen LogP contribution is 2.26. The van der Waals surface area contributed by atoms with E-state index in [0.717, 1.165) is 25.2 Å². The quantitative estimate of drug-likeness (QED) is 0.888. The first-order valence-electron chi connectivity index (χ1n) is 6.35. The average molecular weight is 282 g/mol. The topological polar surface area (TPSA) is 40.7 Å². The summed E-state index contributed by atoms with van der Waals surface area (Å²) in [7, 11) is 0. The van der Waals surface area contributed by atoms with Crippen LogP contribution in [0.15, 0.2) is 30.3 Å². The first-order chi connectivity index (χ1) is 8.84. The Labute approximate surface area is 118 Å². The number of rotatable bonds is 2. The molecule has 5 heteroatoms. The van der Waals surface area contributed by atoms with Gasteiger partial charge in [0.05, 0.1) is 5.69 Å². The van der Waals surface area contributed by atoms with Crippen LogP contribution in [0.3, 0.4) is 0 Å². The molecule has 1 aromatic heterocycles. The zero-order chi connectivity index (χ0) is 12.4. The summed E-state index contributed by atoms with van der Waals surface area (Å²) in [5, 5.41) is 10.6. The van der Waals surface area contributed by atoms with Crippen LogP contribution in [0.25, 0.3) is 11.3 Å². The Morgan fingerprint density at radius 2 is 2.11 bits per heavy atom. The van der Waals surface area contributed by atoms with Crippen LogP contribution in [0.1, 0.15) is 24.5 Å². The Morgan fingerprint density at radius 1 is 1.26 bits per heavy atom. The van der Waals surface area contributed by atoms with Crippen molar-refractivity contribution < 1.29 is 4.39 Å². The fourth-order valence-electron chi connectivity index (χ4n) is 2.47. The van der Waals surface area contributed by atoms with Crippen LogP contribution in [-0.4, -0.2) is 23.3 Å². The van der Waals surface area contributed by atoms with E-state index >= 15 is 0 Å². The summed E-state index contributed by atoms with van der Waals surface area (Å²) >= 11 is 0. The van der Waals surface area contributed by atoms with Crippen molar-refractivity contribution in [2.45, 2.75) is 18.8 Å². The van der Waals surface area contributed by atoms with Crippen molar-refractivity contribution in [1.82, 2.24) is 15.5 Å². The van der Waals surface area contributed by atoms with Gasteiger partial charge in [0.1, 0.15) is 5.82 Å². The fourth-order valence-corrected chi connectivity index (χ4v) is 2.47. The number of nitrogens with one attached hydrogen (secondary N) is 2. The summed E-state index contributed by atoms with van der Waals surface area (Å²) in [6, 6.07) is 8.71. The van der Waals surface area contributed by atoms with Crippen LogP contribution in [0.5, 0.6) is 0 Å². The van der Waals surface area contributed by atoms with Crippen molar-refractivity contribution in [3.63, 3.8) is 0 Å². The lowest BCUT2D eigenvalue weighted by Gasteiger charge is -2.21. The van der Waals surface area contributed by atoms with Crippen LogP contribution in [0.2, 0.25) is 0 Å². The van der Waals surface area contributed by atoms with E-state index in [1.807, 2.05) is 12.1 Å². The van der Waals surface area contributed by atoms with E-state index in [4.69, 9.17) is 0 Å². The van der Waals surface area contributed by atoms with E-state index in [1.54, 1.807) is 12.1 Å². The Balaban J connectivity index is 0.00000133. The van der Waals surface area contributed by atoms with E-state index in [1.165, 1.54) is 12.5 Å². The van der Waals surface area contributed by atoms with Crippen molar-refractivity contribution in [2.75, 3.05) is 13.1 Å². The van der Waals surface area contributed by atoms with Gasteiger partial charge in [-0.25, -0.2) is 4.39 Å². The lowest BCUT2D eigenvalue weighted by atomic mass is 9.96. The lowest BCUT2D eigenvalue weighted by molar-refractivity contribution is 0.454. The zero-order valence-electron chi connectivity index (χ0n) is 10.5. The van der Waals surface area contributed by atoms with Crippen molar-refractivity contribution >= 4 is 12.4 Å². The molecule has 2 heterocycles. The maximum Gasteiger partial charge on any atom is 0.132 e. The molecule has 0 radical (unpaired) electrons. The Hall–Kier alpha value is -1.39. The number of aromatic amines is 1. The monoisotopic (exact) mass is 281 g/mol. The standard InChI is InChI=1S/C14H16FN3.ClH/c15-12-6-2-1-5-11(12)14-8-13(17-18-14)10-4-3-7-16-9-10;/h1-2,5-6,8,10,16H,3-4,7,9H2,(H,17,18);1H/t10-;/m0./s1. The molecule has 0 amide bonds. The van der Waals surface area contributed by atoms with E-state index in [-0.39, 0.29) is 18.2 Å². The third-order valence-electron chi connectivity index (χ3n) is 3.48. The Morgan fingerprint density at radius 3 is 2.84 bits per heavy atom. The fraction of sp³-hybridized carbons (Fsp3) is 0.357. The maximum atomic E-state index is 13.7. The molecule has 1 aromatic carbocycles. The van der Waals surface area contributed by atoms with Gasteiger partial charge in [0, 0.05) is 23.7 Å². The number of H-pyrrole nitrogens is 1. The second-order valence-electron chi connectivity index (χ2n) is 4.73. The molecular formula is C14H17ClFN3. The molecule has 1 aliphatic heterocycles. The Bertz CT molecular complexity index is 535. The minimum atomic E-state index is -0.225. The number of piperidine rings is 1. The second-order valence-corrected chi connectivity index (χ2v) is 4.73. The second kappa shape index (κ2) is 6.17. The third-order valence-corrected chi connectivity index (χ3v) is 3.48. The molecule has 1 fully saturated rings. The smallest absolute Gasteiger partial charge is 0.132 e. The van der Waals surface area contributed by atoms with Crippen molar-refractivity contribution in [1.29, 1.82) is 0 Å². The molecule has 0 spiro atoms. The molecule has 0 saturated carbocycles. The molecule has 102 valence electrons. The predicted molar refractivity (Wildman–Crippen MR) is 76.1 cm³/mol. The largest absolute Gasteiger partial charge is 0.316 e. The van der Waals surface area contributed by atoms with Crippen molar-refractivity contribution in [3.8, 4) is 11.3 Å². The lowest BCUT2D eigenvalue weighted by Crippen LogP contribution is -2.28. The van der Waals surface area contributed by atoms with Gasteiger partial charge in [-0.1, -0.05) is 12.1 Å². The summed E-state index contributed by atoms with van der Waals surface area (Å²) in [4.78, 5) is 0. The van der Waals surface area contributed by atoms with Gasteiger partial charge in [-0.05, 0) is 37.6 Å². The van der Waals surface area contributed by atoms with Crippen LogP contribution in [0.4, 0.5) is 4.39 Å². The van der Waals surface area contributed by atoms with Crippen LogP contribution < -0.4 is 5.32 Å². The van der Waals surface area contributed by atoms with Gasteiger partial charge in [0.2, 0.25) is 0 Å². The number of halogens is 2. The molecule has 0 aliphatic carbocycles. The normalized spacial score (nSPS) is 18.9. The molecule has 0 bridgehead atoms. The van der Waals surface area contributed by atoms with Crippen molar-refractivity contribution in [3.05, 3.63) is 41.8 Å². The minimum Gasteiger partial charge on any atom is -0.316 e. The molecule has 3 nitrogen and oxygen atoms in total. The van der Waals surface area contributed by atoms with Gasteiger partial charge in [0.15, 0.2) is 0 Å². The van der Waals surface area contributed by atoms with E-state index < -0.39 is 0 Å². The molecular weight excluding hydrogens is 265 g/mol. The third kappa shape index (κ3) is 2.96. The molecule has 19 heavy (non-hydrogen) atoms. The Kier molecular flexibility index (Phi) is 4.56. The highest BCUT2D eigenvalue weighted by molar-refractivity contribution is 5.85. The average Bonchev–Trinajstić information content (AvgIpc) is 2.90. The number of benzene rings is 1. The first-order valence-corrected chi connectivity index (χ1v) is 6.35. The van der Waals surface area contributed by atoms with Crippen LogP contribution in [-0.2, 0) is 0 Å². The molecule has 1 aliphatic rings. The van der Waals surface area contributed by atoms with Gasteiger partial charge in [-0.3, -0.25) is 5.10 Å². The van der Waals surface area contributed by atoms with Gasteiger partial charge in [-0.15, -0.1) is 12.4 Å². The molecule has 1 atom stereocenters. The highest BCUT2D eigenvalue weighted by Gasteiger charge is 2.18. The van der Waals surface area contributed by atoms with Crippen molar-refractivity contribution in [2.24, 2.45) is 0 Å². The first kappa shape index (κ1) is 14.0. The van der Waals surface area contributed by atoms with Gasteiger partial charge < -0.3 is 5.32 Å². The van der Waals surface area contributed by atoms with E-state index in [2.05, 4.69) is 15.5 Å². The van der Waals surface area contributed by atoms with Gasteiger partial charge >= 0.3 is 0 Å². The van der Waals surface area contributed by atoms with Crippen LogP contribution >= 0.6 is 12.4 Å². The summed E-state index contributed by atoms with van der Waals surface area (Å²) in [6.07, 6.45) is 2.34. The molecule has 2 N–H and O–H groups in total. The summed E-state index contributed by atoms with van der Waals surface area (Å²) in [5.41, 5.74) is 2.35. The maximum absolute atomic E-state index is 13.7. The predicted octanol–water partition coefficient (Wildman–Crippen LogP) is 3.10. The zero-order valence-corrected chi connectivity index (χ0v) is 11.3. The highest BCUT2D eigenvalue weighted by atomic mass is 35.5. The van der Waals surface area contributed by atoms with Gasteiger partial charge in [0.25, 0.3) is 0 Å². The number of hydrogen-bond acceptors (Lipinski definition) is 2. The molecule has 0 unspecified atom stereocenters. The summed E-state index contributed by atoms with van der Waals surface area (Å²) in [5.74, 6) is 0.240. The SMILES string of the molecule is Cl.Fc1ccccc1-c1cc([C@H]2CCCNC2)[nH]n1. The van der Waals surface area contributed by atoms with Crippen LogP contribution in [0, 0.1) is 5.82 Å². The number of hydrogen-bond donors (Lipinski definition) is 2. The van der Waals surface area contributed by atoms with E-state index in [0.29, 0.717) is 17.2 Å². The number of nitrogens with zero attached hydrogens (tertiary/aromatic N) is 1. The molecule has 3 rings (SSSR count). The number of aromatic nitrogens is 2. The minimum absolute atomic E-state index is 0. The van der Waals surface area contributed by atoms with Gasteiger partial charge in [-0.2, -0.15) is 5.10 Å². The summed E-state index contributed by atoms with van der Waals surface area (Å²) in [6.45, 7) is 2.06. The molecule has 2 aromatic rings. The van der Waals surface area contributed by atoms with E-state index in [9.17, 15) is 4.39 Å².